The lowest BCUT2D eigenvalue weighted by Crippen LogP contribution is -2.26. The van der Waals surface area contributed by atoms with Gasteiger partial charge in [-0.3, -0.25) is 0 Å². The molecule has 0 unspecified atom stereocenters. The zero-order chi connectivity index (χ0) is 22.5. The van der Waals surface area contributed by atoms with Crippen molar-refractivity contribution in [1.82, 2.24) is 0 Å². The Morgan fingerprint density at radius 3 is 1.67 bits per heavy atom. The summed E-state index contributed by atoms with van der Waals surface area (Å²) in [4.78, 5) is 3.25. The van der Waals surface area contributed by atoms with Crippen molar-refractivity contribution in [3.05, 3.63) is 11.6 Å². The minimum absolute atomic E-state index is 0.278. The molecule has 27 heavy (non-hydrogen) atoms. The molecule has 166 valence electrons. The Morgan fingerprint density at radius 2 is 1.44 bits per heavy atom. The van der Waals surface area contributed by atoms with E-state index in [1.807, 2.05) is 13.8 Å². The molecule has 0 rings (SSSR count). The molecule has 0 saturated carbocycles. The summed E-state index contributed by atoms with van der Waals surface area (Å²) in [7, 11) is 1.64. The fourth-order valence-electron chi connectivity index (χ4n) is 2.45. The predicted octanol–water partition coefficient (Wildman–Crippen LogP) is 9.42. The van der Waals surface area contributed by atoms with E-state index in [1.165, 1.54) is 50.5 Å². The highest BCUT2D eigenvalue weighted by atomic mass is 32.1. The van der Waals surface area contributed by atoms with Crippen LogP contribution in [0.15, 0.2) is 16.6 Å². The predicted molar refractivity (Wildman–Crippen MR) is 136 cm³/mol. The number of nitrogens with zero attached hydrogens (tertiary/aromatic N) is 1. The van der Waals surface area contributed by atoms with Crippen LogP contribution in [0.4, 0.5) is 0 Å². The molecule has 0 heterocycles. The minimum Gasteiger partial charge on any atom is -0.304 e. The molecule has 0 aliphatic carbocycles. The third-order valence-electron chi connectivity index (χ3n) is 4.79. The first-order valence-corrected chi connectivity index (χ1v) is 11.6. The van der Waals surface area contributed by atoms with E-state index in [9.17, 15) is 0 Å². The first kappa shape index (κ1) is 34.3. The highest BCUT2D eigenvalue weighted by Crippen LogP contribution is 2.31. The van der Waals surface area contributed by atoms with Gasteiger partial charge in [0.1, 0.15) is 0 Å². The van der Waals surface area contributed by atoms with Crippen molar-refractivity contribution in [2.24, 2.45) is 16.3 Å². The number of aliphatic imine (C=N–C) groups is 1. The quantitative estimate of drug-likeness (QED) is 0.180. The Bertz CT molecular complexity index is 320. The highest BCUT2D eigenvalue weighted by Gasteiger charge is 2.24. The molecule has 0 bridgehead atoms. The van der Waals surface area contributed by atoms with Gasteiger partial charge in [-0.1, -0.05) is 86.8 Å². The van der Waals surface area contributed by atoms with E-state index in [2.05, 4.69) is 92.7 Å². The summed E-state index contributed by atoms with van der Waals surface area (Å²) in [5.41, 5.74) is 2.06. The van der Waals surface area contributed by atoms with Crippen LogP contribution in [0.5, 0.6) is 0 Å². The van der Waals surface area contributed by atoms with Gasteiger partial charge in [-0.05, 0) is 64.0 Å². The van der Waals surface area contributed by atoms with Crippen molar-refractivity contribution in [3.63, 3.8) is 0 Å². The first-order chi connectivity index (χ1) is 12.4. The Balaban J connectivity index is -0.000000164. The van der Waals surface area contributed by atoms with Gasteiger partial charge in [0.25, 0.3) is 0 Å². The lowest BCUT2D eigenvalue weighted by atomic mass is 9.89. The summed E-state index contributed by atoms with van der Waals surface area (Å²) in [5, 5.41) is 0. The van der Waals surface area contributed by atoms with Crippen LogP contribution in [0.1, 0.15) is 121 Å². The van der Waals surface area contributed by atoms with E-state index < -0.39 is 0 Å². The number of hydrogen-bond acceptors (Lipinski definition) is 2. The van der Waals surface area contributed by atoms with Crippen molar-refractivity contribution in [3.8, 4) is 0 Å². The third kappa shape index (κ3) is 28.1. The van der Waals surface area contributed by atoms with Crippen LogP contribution in [-0.4, -0.2) is 18.5 Å². The number of rotatable bonds is 8. The Kier molecular flexibility index (Phi) is 28.0. The van der Waals surface area contributed by atoms with Gasteiger partial charge in [0.05, 0.1) is 0 Å². The van der Waals surface area contributed by atoms with Crippen molar-refractivity contribution < 1.29 is 0 Å². The Hall–Kier alpha value is -0.240. The molecule has 0 fully saturated rings. The van der Waals surface area contributed by atoms with Crippen LogP contribution in [0, 0.1) is 11.3 Å². The van der Waals surface area contributed by atoms with Crippen molar-refractivity contribution in [2.45, 2.75) is 126 Å². The van der Waals surface area contributed by atoms with Gasteiger partial charge in [-0.15, -0.1) is 0 Å². The van der Waals surface area contributed by atoms with Gasteiger partial charge in [0.2, 0.25) is 0 Å². The molecule has 0 N–H and O–H groups in total. The van der Waals surface area contributed by atoms with E-state index in [4.69, 9.17) is 0 Å². The summed E-state index contributed by atoms with van der Waals surface area (Å²) in [6.07, 6.45) is 11.4. The molecule has 0 aromatic carbocycles. The first-order valence-electron chi connectivity index (χ1n) is 11.1. The molecule has 2 heteroatoms. The topological polar surface area (TPSA) is 12.4 Å². The van der Waals surface area contributed by atoms with Gasteiger partial charge < -0.3 is 4.99 Å². The molecule has 0 aromatic heterocycles. The average Bonchev–Trinajstić information content (AvgIpc) is 2.62. The standard InChI is InChI=1S/C13H26.C8H18S.C2H5N.C2H6/c1-6-12(2)10-8-7-9-11-13(3,4)5;1-5-8(9,6-2)7(3)4;1-3-2;1-2/h6H,7-11H2,1-5H3;7,9H,5-6H2,1-4H3;1H2,2H3;1-2H3/b12-6+;;;. The summed E-state index contributed by atoms with van der Waals surface area (Å²) in [6.45, 7) is 27.3. The smallest absolute Gasteiger partial charge is 0.0269 e. The minimum atomic E-state index is 0.278. The van der Waals surface area contributed by atoms with Crippen molar-refractivity contribution >= 4 is 19.3 Å². The molecular formula is C25H55NS. The summed E-state index contributed by atoms with van der Waals surface area (Å²) in [6, 6.07) is 0. The maximum Gasteiger partial charge on any atom is 0.0269 e. The van der Waals surface area contributed by atoms with E-state index in [-0.39, 0.29) is 4.75 Å². The largest absolute Gasteiger partial charge is 0.304 e. The highest BCUT2D eigenvalue weighted by molar-refractivity contribution is 7.81. The molecule has 0 spiro atoms. The van der Waals surface area contributed by atoms with Gasteiger partial charge in [0, 0.05) is 11.8 Å². The molecule has 0 aliphatic rings. The second kappa shape index (κ2) is 22.1. The van der Waals surface area contributed by atoms with Gasteiger partial charge in [-0.2, -0.15) is 12.6 Å². The molecule has 0 amide bonds. The van der Waals surface area contributed by atoms with Crippen LogP contribution >= 0.6 is 12.6 Å². The van der Waals surface area contributed by atoms with Crippen LogP contribution in [-0.2, 0) is 0 Å². The summed E-state index contributed by atoms with van der Waals surface area (Å²) in [5.74, 6) is 0.691. The van der Waals surface area contributed by atoms with Crippen LogP contribution in [0.25, 0.3) is 0 Å². The molecule has 1 nitrogen and oxygen atoms in total. The monoisotopic (exact) mass is 401 g/mol. The molecule has 0 atom stereocenters. The van der Waals surface area contributed by atoms with E-state index in [0.29, 0.717) is 11.3 Å². The van der Waals surface area contributed by atoms with E-state index >= 15 is 0 Å². The zero-order valence-corrected chi connectivity index (χ0v) is 22.1. The lowest BCUT2D eigenvalue weighted by molar-refractivity contribution is 0.358. The number of allylic oxidation sites excluding steroid dienone is 2. The summed E-state index contributed by atoms with van der Waals surface area (Å²) < 4.78 is 0.278. The molecule has 0 aromatic rings. The maximum atomic E-state index is 4.61. The van der Waals surface area contributed by atoms with Crippen molar-refractivity contribution in [2.75, 3.05) is 7.05 Å². The molecular weight excluding hydrogens is 346 g/mol. The fraction of sp³-hybridized carbons (Fsp3) is 0.880. The lowest BCUT2D eigenvalue weighted by Gasteiger charge is -2.29. The number of thiol groups is 1. The fourth-order valence-corrected chi connectivity index (χ4v) is 2.45. The molecule has 0 radical (unpaired) electrons. The number of unbranched alkanes of at least 4 members (excludes halogenated alkanes) is 2. The van der Waals surface area contributed by atoms with E-state index in [1.54, 1.807) is 7.05 Å². The molecule has 0 aliphatic heterocycles. The Labute approximate surface area is 180 Å². The third-order valence-corrected chi connectivity index (χ3v) is 5.94. The van der Waals surface area contributed by atoms with Gasteiger partial charge in [0.15, 0.2) is 0 Å². The number of hydrogen-bond donors (Lipinski definition) is 1. The van der Waals surface area contributed by atoms with E-state index in [0.717, 1.165) is 0 Å². The summed E-state index contributed by atoms with van der Waals surface area (Å²) >= 11 is 4.61. The average molecular weight is 402 g/mol. The normalized spacial score (nSPS) is 11.4. The van der Waals surface area contributed by atoms with Gasteiger partial charge in [-0.25, -0.2) is 0 Å². The zero-order valence-electron chi connectivity index (χ0n) is 21.2. The second-order valence-electron chi connectivity index (χ2n) is 8.54. The molecule has 0 saturated heterocycles. The van der Waals surface area contributed by atoms with Crippen LogP contribution in [0.3, 0.4) is 0 Å². The SMILES string of the molecule is C/C=C(\C)CCCCCC(C)(C)C.C=NC.CC.CCC(S)(CC)C(C)C. The Morgan fingerprint density at radius 1 is 1.04 bits per heavy atom. The van der Waals surface area contributed by atoms with Gasteiger partial charge >= 0.3 is 0 Å². The van der Waals surface area contributed by atoms with Crippen molar-refractivity contribution in [1.29, 1.82) is 0 Å². The second-order valence-corrected chi connectivity index (χ2v) is 9.43. The maximum absolute atomic E-state index is 4.61. The van der Waals surface area contributed by atoms with Crippen LogP contribution < -0.4 is 0 Å². The van der Waals surface area contributed by atoms with Crippen LogP contribution in [0.2, 0.25) is 0 Å².